The van der Waals surface area contributed by atoms with E-state index >= 15 is 0 Å². The summed E-state index contributed by atoms with van der Waals surface area (Å²) in [5.74, 6) is 0.943. The van der Waals surface area contributed by atoms with E-state index in [2.05, 4.69) is 72.4 Å². The van der Waals surface area contributed by atoms with Crippen LogP contribution in [0.25, 0.3) is 11.4 Å². The van der Waals surface area contributed by atoms with Gasteiger partial charge in [-0.25, -0.2) is 5.43 Å². The molecular weight excluding hydrogens is 486 g/mol. The average molecular weight is 512 g/mol. The third-order valence-corrected chi connectivity index (χ3v) is 6.93. The molecule has 166 valence electrons. The van der Waals surface area contributed by atoms with Crippen LogP contribution in [-0.2, 0) is 4.79 Å². The molecule has 1 amide bonds. The number of carbonyl (C=O) groups excluding carboxylic acids is 1. The molecule has 2 aromatic carbocycles. The normalized spacial score (nSPS) is 14.7. The predicted octanol–water partition coefficient (Wildman–Crippen LogP) is 5.76. The molecule has 1 saturated carbocycles. The summed E-state index contributed by atoms with van der Waals surface area (Å²) < 4.78 is 3.21. The van der Waals surface area contributed by atoms with E-state index in [1.54, 1.807) is 6.21 Å². The van der Waals surface area contributed by atoms with E-state index in [-0.39, 0.29) is 11.7 Å². The molecule has 1 aromatic heterocycles. The second-order valence-corrected chi connectivity index (χ2v) is 9.83. The molecule has 0 spiro atoms. The zero-order chi connectivity index (χ0) is 22.3. The topological polar surface area (TPSA) is 72.2 Å². The first-order chi connectivity index (χ1) is 15.6. The minimum Gasteiger partial charge on any atom is -0.299 e. The van der Waals surface area contributed by atoms with Gasteiger partial charge in [0.15, 0.2) is 11.0 Å². The minimum atomic E-state index is -0.170. The summed E-state index contributed by atoms with van der Waals surface area (Å²) in [6, 6.07) is 16.5. The number of nitrogens with one attached hydrogen (secondary N) is 1. The molecule has 0 bridgehead atoms. The molecule has 1 N–H and O–H groups in total. The summed E-state index contributed by atoms with van der Waals surface area (Å²) >= 11 is 4.84. The molecule has 8 heteroatoms. The van der Waals surface area contributed by atoms with Crippen LogP contribution < -0.4 is 5.43 Å². The zero-order valence-electron chi connectivity index (χ0n) is 18.0. The van der Waals surface area contributed by atoms with Gasteiger partial charge in [-0.2, -0.15) is 5.10 Å². The SMILES string of the molecule is Cc1ccc(-c2nnc(SCC(=O)N/N=C/c3cccc(Br)c3)n2C2CCCCC2)cc1. The molecule has 0 unspecified atom stereocenters. The zero-order valence-corrected chi connectivity index (χ0v) is 20.4. The van der Waals surface area contributed by atoms with Gasteiger partial charge in [0, 0.05) is 16.1 Å². The van der Waals surface area contributed by atoms with Gasteiger partial charge >= 0.3 is 0 Å². The van der Waals surface area contributed by atoms with Gasteiger partial charge in [0.1, 0.15) is 0 Å². The summed E-state index contributed by atoms with van der Waals surface area (Å²) in [4.78, 5) is 12.4. The predicted molar refractivity (Wildman–Crippen MR) is 133 cm³/mol. The van der Waals surface area contributed by atoms with E-state index in [0.29, 0.717) is 6.04 Å². The quantitative estimate of drug-likeness (QED) is 0.248. The number of hydrogen-bond donors (Lipinski definition) is 1. The van der Waals surface area contributed by atoms with Gasteiger partial charge < -0.3 is 0 Å². The minimum absolute atomic E-state index is 0.170. The number of hydrazone groups is 1. The van der Waals surface area contributed by atoms with Crippen LogP contribution in [0, 0.1) is 6.92 Å². The first-order valence-electron chi connectivity index (χ1n) is 10.8. The number of hydrogen-bond acceptors (Lipinski definition) is 5. The molecule has 0 saturated heterocycles. The Morgan fingerprint density at radius 1 is 1.19 bits per heavy atom. The Hall–Kier alpha value is -2.45. The standard InChI is InChI=1S/C24H26BrN5OS/c1-17-10-12-19(13-11-17)23-28-29-24(30(23)21-8-3-2-4-9-21)32-16-22(31)27-26-15-18-6-5-7-20(25)14-18/h5-7,10-15,21H,2-4,8-9,16H2,1H3,(H,27,31)/b26-15+. The largest absolute Gasteiger partial charge is 0.299 e. The van der Waals surface area contributed by atoms with Crippen molar-refractivity contribution in [1.82, 2.24) is 20.2 Å². The highest BCUT2D eigenvalue weighted by molar-refractivity contribution is 9.10. The van der Waals surface area contributed by atoms with Crippen LogP contribution in [0.4, 0.5) is 0 Å². The number of aromatic nitrogens is 3. The lowest BCUT2D eigenvalue weighted by Gasteiger charge is -2.25. The lowest BCUT2D eigenvalue weighted by atomic mass is 9.95. The molecule has 0 radical (unpaired) electrons. The number of carbonyl (C=O) groups is 1. The first-order valence-corrected chi connectivity index (χ1v) is 12.6. The van der Waals surface area contributed by atoms with Gasteiger partial charge in [0.2, 0.25) is 0 Å². The molecule has 32 heavy (non-hydrogen) atoms. The van der Waals surface area contributed by atoms with Crippen LogP contribution in [0.3, 0.4) is 0 Å². The summed E-state index contributed by atoms with van der Waals surface area (Å²) in [6.45, 7) is 2.08. The Kier molecular flexibility index (Phi) is 7.76. The van der Waals surface area contributed by atoms with E-state index in [1.165, 1.54) is 36.6 Å². The second kappa shape index (κ2) is 10.9. The highest BCUT2D eigenvalue weighted by atomic mass is 79.9. The van der Waals surface area contributed by atoms with Crippen molar-refractivity contribution in [2.45, 2.75) is 50.2 Å². The van der Waals surface area contributed by atoms with Gasteiger partial charge in [-0.1, -0.05) is 88.9 Å². The van der Waals surface area contributed by atoms with Crippen molar-refractivity contribution >= 4 is 39.8 Å². The van der Waals surface area contributed by atoms with Crippen molar-refractivity contribution in [3.8, 4) is 11.4 Å². The Morgan fingerprint density at radius 2 is 1.97 bits per heavy atom. The number of aryl methyl sites for hydroxylation is 1. The monoisotopic (exact) mass is 511 g/mol. The van der Waals surface area contributed by atoms with E-state index in [0.717, 1.165) is 39.4 Å². The fourth-order valence-corrected chi connectivity index (χ4v) is 5.09. The first kappa shape index (κ1) is 22.7. The van der Waals surface area contributed by atoms with Crippen molar-refractivity contribution in [2.75, 3.05) is 5.75 Å². The number of halogens is 1. The molecule has 0 aliphatic heterocycles. The summed E-state index contributed by atoms with van der Waals surface area (Å²) in [5.41, 5.74) is 5.78. The summed E-state index contributed by atoms with van der Waals surface area (Å²) in [5, 5.41) is 13.8. The lowest BCUT2D eigenvalue weighted by Crippen LogP contribution is -2.20. The molecule has 1 aliphatic rings. The highest BCUT2D eigenvalue weighted by Crippen LogP contribution is 2.35. The molecule has 1 heterocycles. The molecular formula is C24H26BrN5OS. The molecule has 3 aromatic rings. The van der Waals surface area contributed by atoms with Gasteiger partial charge in [0.25, 0.3) is 5.91 Å². The van der Waals surface area contributed by atoms with Crippen molar-refractivity contribution in [3.63, 3.8) is 0 Å². The lowest BCUT2D eigenvalue weighted by molar-refractivity contribution is -0.118. The Morgan fingerprint density at radius 3 is 2.72 bits per heavy atom. The molecule has 1 fully saturated rings. The maximum atomic E-state index is 12.4. The Bertz CT molecular complexity index is 1090. The van der Waals surface area contributed by atoms with Gasteiger partial charge in [0.05, 0.1) is 12.0 Å². The number of amides is 1. The van der Waals surface area contributed by atoms with Crippen LogP contribution in [0.5, 0.6) is 0 Å². The van der Waals surface area contributed by atoms with Crippen molar-refractivity contribution in [3.05, 3.63) is 64.1 Å². The number of thioether (sulfide) groups is 1. The molecule has 0 atom stereocenters. The van der Waals surface area contributed by atoms with E-state index in [4.69, 9.17) is 0 Å². The van der Waals surface area contributed by atoms with Gasteiger partial charge in [-0.3, -0.25) is 9.36 Å². The van der Waals surface area contributed by atoms with Gasteiger partial charge in [-0.15, -0.1) is 10.2 Å². The maximum Gasteiger partial charge on any atom is 0.250 e. The fraction of sp³-hybridized carbons (Fsp3) is 0.333. The van der Waals surface area contributed by atoms with E-state index in [1.807, 2.05) is 24.3 Å². The smallest absolute Gasteiger partial charge is 0.250 e. The molecule has 6 nitrogen and oxygen atoms in total. The van der Waals surface area contributed by atoms with Crippen LogP contribution in [0.15, 0.2) is 63.3 Å². The maximum absolute atomic E-state index is 12.4. The Labute approximate surface area is 201 Å². The van der Waals surface area contributed by atoms with Crippen molar-refractivity contribution < 1.29 is 4.79 Å². The summed E-state index contributed by atoms with van der Waals surface area (Å²) in [7, 11) is 0. The highest BCUT2D eigenvalue weighted by Gasteiger charge is 2.24. The second-order valence-electron chi connectivity index (χ2n) is 7.97. The van der Waals surface area contributed by atoms with Crippen LogP contribution in [-0.4, -0.2) is 32.6 Å². The van der Waals surface area contributed by atoms with Crippen molar-refractivity contribution in [1.29, 1.82) is 0 Å². The van der Waals surface area contributed by atoms with Crippen LogP contribution in [0.1, 0.15) is 49.3 Å². The molecule has 1 aliphatic carbocycles. The third kappa shape index (κ3) is 5.86. The average Bonchev–Trinajstić information content (AvgIpc) is 3.23. The Balaban J connectivity index is 1.45. The third-order valence-electron chi connectivity index (χ3n) is 5.50. The van der Waals surface area contributed by atoms with E-state index < -0.39 is 0 Å². The number of nitrogens with zero attached hydrogens (tertiary/aromatic N) is 4. The summed E-state index contributed by atoms with van der Waals surface area (Å²) in [6.07, 6.45) is 7.57. The van der Waals surface area contributed by atoms with Crippen LogP contribution in [0.2, 0.25) is 0 Å². The molecule has 4 rings (SSSR count). The fourth-order valence-electron chi connectivity index (χ4n) is 3.87. The number of benzene rings is 2. The van der Waals surface area contributed by atoms with E-state index in [9.17, 15) is 4.79 Å². The van der Waals surface area contributed by atoms with Gasteiger partial charge in [-0.05, 0) is 37.5 Å². The van der Waals surface area contributed by atoms with Crippen molar-refractivity contribution in [2.24, 2.45) is 5.10 Å². The van der Waals surface area contributed by atoms with Crippen LogP contribution >= 0.6 is 27.7 Å². The number of rotatable bonds is 7.